The topological polar surface area (TPSA) is 20.0 Å². The lowest BCUT2D eigenvalue weighted by atomic mass is 10.1. The predicted octanol–water partition coefficient (Wildman–Crippen LogP) is 0.906. The number of piperazine rings is 1. The molecule has 1 saturated heterocycles. The van der Waals surface area contributed by atoms with Gasteiger partial charge in [-0.15, -0.1) is 0 Å². The fourth-order valence-electron chi connectivity index (χ4n) is 2.01. The molecule has 1 aliphatic heterocycles. The summed E-state index contributed by atoms with van der Waals surface area (Å²) in [6, 6.07) is 10.4. The second-order valence-electron chi connectivity index (χ2n) is 4.95. The van der Waals surface area contributed by atoms with Gasteiger partial charge >= 0.3 is 0 Å². The van der Waals surface area contributed by atoms with Crippen LogP contribution in [0.1, 0.15) is 12.5 Å². The van der Waals surface area contributed by atoms with Crippen LogP contribution >= 0.6 is 0 Å². The van der Waals surface area contributed by atoms with Gasteiger partial charge in [-0.1, -0.05) is 36.4 Å². The third-order valence-corrected chi connectivity index (χ3v) is 3.21. The minimum absolute atomic E-state index is 1.06. The van der Waals surface area contributed by atoms with Gasteiger partial charge in [0.05, 0.1) is 33.2 Å². The maximum Gasteiger partial charge on any atom is 0.0964 e. The molecule has 96 valence electrons. The van der Waals surface area contributed by atoms with Crippen molar-refractivity contribution < 1.29 is 4.90 Å². The van der Waals surface area contributed by atoms with Crippen LogP contribution in [-0.2, 0) is 0 Å². The van der Waals surface area contributed by atoms with Gasteiger partial charge in [-0.25, -0.2) is 0 Å². The van der Waals surface area contributed by atoms with Crippen LogP contribution in [0.3, 0.4) is 0 Å². The fourth-order valence-corrected chi connectivity index (χ4v) is 2.01. The van der Waals surface area contributed by atoms with E-state index in [1.54, 1.807) is 4.90 Å². The molecule has 1 aromatic carbocycles. The lowest BCUT2D eigenvalue weighted by molar-refractivity contribution is -0.884. The molecule has 0 aromatic heterocycles. The van der Waals surface area contributed by atoms with Crippen molar-refractivity contribution in [2.24, 2.45) is 5.10 Å². The average Bonchev–Trinajstić information content (AvgIpc) is 2.39. The Hall–Kier alpha value is -1.61. The lowest BCUT2D eigenvalue weighted by Gasteiger charge is -2.27. The molecule has 0 spiro atoms. The first-order valence-corrected chi connectivity index (χ1v) is 6.57. The smallest absolute Gasteiger partial charge is 0.0964 e. The van der Waals surface area contributed by atoms with E-state index < -0.39 is 0 Å². The van der Waals surface area contributed by atoms with Gasteiger partial charge in [0.2, 0.25) is 0 Å². The molecule has 0 unspecified atom stereocenters. The molecule has 2 rings (SSSR count). The minimum Gasteiger partial charge on any atom is -0.334 e. The Kier molecular flexibility index (Phi) is 4.53. The summed E-state index contributed by atoms with van der Waals surface area (Å²) < 4.78 is 0. The van der Waals surface area contributed by atoms with E-state index in [4.69, 9.17) is 0 Å². The molecule has 1 fully saturated rings. The van der Waals surface area contributed by atoms with Crippen molar-refractivity contribution in [2.45, 2.75) is 6.92 Å². The second-order valence-corrected chi connectivity index (χ2v) is 4.95. The van der Waals surface area contributed by atoms with Gasteiger partial charge in [0, 0.05) is 6.21 Å². The summed E-state index contributed by atoms with van der Waals surface area (Å²) in [5, 5.41) is 6.70. The molecule has 1 heterocycles. The highest BCUT2D eigenvalue weighted by atomic mass is 15.5. The van der Waals surface area contributed by atoms with Gasteiger partial charge < -0.3 is 4.90 Å². The first-order valence-electron chi connectivity index (χ1n) is 6.57. The van der Waals surface area contributed by atoms with Gasteiger partial charge in [-0.05, 0) is 18.1 Å². The Bertz CT molecular complexity index is 415. The maximum absolute atomic E-state index is 4.54. The first-order chi connectivity index (χ1) is 8.74. The summed E-state index contributed by atoms with van der Waals surface area (Å²) >= 11 is 0. The summed E-state index contributed by atoms with van der Waals surface area (Å²) in [6.07, 6.45) is 4.12. The molecule has 0 saturated carbocycles. The van der Waals surface area contributed by atoms with E-state index in [1.165, 1.54) is 24.2 Å². The van der Waals surface area contributed by atoms with Crippen molar-refractivity contribution in [1.82, 2.24) is 5.01 Å². The monoisotopic (exact) mass is 244 g/mol. The van der Waals surface area contributed by atoms with Crippen LogP contribution < -0.4 is 4.90 Å². The molecule has 18 heavy (non-hydrogen) atoms. The van der Waals surface area contributed by atoms with E-state index in [2.05, 4.69) is 54.4 Å². The van der Waals surface area contributed by atoms with Crippen molar-refractivity contribution in [3.8, 4) is 0 Å². The van der Waals surface area contributed by atoms with Crippen LogP contribution in [0.2, 0.25) is 0 Å². The van der Waals surface area contributed by atoms with Crippen LogP contribution in [0, 0.1) is 0 Å². The molecule has 1 aliphatic rings. The summed E-state index contributed by atoms with van der Waals surface area (Å²) in [6.45, 7) is 6.57. The SMILES string of the molecule is CC(/C=N\N1CC[NH+](C)CC1)=C/c1ccccc1. The Morgan fingerprint density at radius 3 is 2.56 bits per heavy atom. The predicted molar refractivity (Wildman–Crippen MR) is 76.8 cm³/mol. The normalized spacial score (nSPS) is 18.6. The number of hydrogen-bond acceptors (Lipinski definition) is 2. The van der Waals surface area contributed by atoms with Crippen molar-refractivity contribution in [2.75, 3.05) is 33.2 Å². The van der Waals surface area contributed by atoms with Gasteiger partial charge in [-0.3, -0.25) is 5.01 Å². The quantitative estimate of drug-likeness (QED) is 0.784. The Morgan fingerprint density at radius 1 is 1.22 bits per heavy atom. The molecule has 0 amide bonds. The number of rotatable bonds is 3. The number of likely N-dealkylation sites (N-methyl/N-ethyl adjacent to an activating group) is 1. The molecule has 1 aromatic rings. The highest BCUT2D eigenvalue weighted by molar-refractivity contribution is 5.84. The van der Waals surface area contributed by atoms with Crippen LogP contribution in [0.15, 0.2) is 41.0 Å². The van der Waals surface area contributed by atoms with E-state index in [0.29, 0.717) is 0 Å². The van der Waals surface area contributed by atoms with Gasteiger partial charge in [0.15, 0.2) is 0 Å². The standard InChI is InChI=1S/C15H21N3/c1-14(12-15-6-4-3-5-7-15)13-16-18-10-8-17(2)9-11-18/h3-7,12-13H,8-11H2,1-2H3/p+1/b14-12-,16-13-. The molecule has 0 radical (unpaired) electrons. The number of allylic oxidation sites excluding steroid dienone is 1. The zero-order chi connectivity index (χ0) is 12.8. The molecular formula is C15H22N3+. The molecular weight excluding hydrogens is 222 g/mol. The van der Waals surface area contributed by atoms with Crippen LogP contribution in [0.25, 0.3) is 6.08 Å². The summed E-state index contributed by atoms with van der Waals surface area (Å²) in [7, 11) is 2.24. The number of hydrazone groups is 1. The van der Waals surface area contributed by atoms with Gasteiger partial charge in [-0.2, -0.15) is 5.10 Å². The van der Waals surface area contributed by atoms with Crippen molar-refractivity contribution >= 4 is 12.3 Å². The van der Waals surface area contributed by atoms with E-state index in [-0.39, 0.29) is 0 Å². The Balaban J connectivity index is 1.91. The van der Waals surface area contributed by atoms with E-state index in [0.717, 1.165) is 13.1 Å². The van der Waals surface area contributed by atoms with Gasteiger partial charge in [0.25, 0.3) is 0 Å². The lowest BCUT2D eigenvalue weighted by Crippen LogP contribution is -3.11. The van der Waals surface area contributed by atoms with Crippen molar-refractivity contribution in [3.05, 3.63) is 41.5 Å². The zero-order valence-electron chi connectivity index (χ0n) is 11.3. The first kappa shape index (κ1) is 12.8. The van der Waals surface area contributed by atoms with Crippen LogP contribution in [0.5, 0.6) is 0 Å². The average molecular weight is 244 g/mol. The molecule has 0 atom stereocenters. The molecule has 0 bridgehead atoms. The third kappa shape index (κ3) is 4.00. The molecule has 3 heteroatoms. The summed E-state index contributed by atoms with van der Waals surface area (Å²) in [4.78, 5) is 1.60. The number of nitrogens with one attached hydrogen (secondary N) is 1. The number of nitrogens with zero attached hydrogens (tertiary/aromatic N) is 2. The Labute approximate surface area is 109 Å². The van der Waals surface area contributed by atoms with Crippen molar-refractivity contribution in [1.29, 1.82) is 0 Å². The Morgan fingerprint density at radius 2 is 1.89 bits per heavy atom. The second kappa shape index (κ2) is 6.36. The fraction of sp³-hybridized carbons (Fsp3) is 0.400. The van der Waals surface area contributed by atoms with Crippen molar-refractivity contribution in [3.63, 3.8) is 0 Å². The highest BCUT2D eigenvalue weighted by Gasteiger charge is 2.13. The molecule has 1 N–H and O–H groups in total. The van der Waals surface area contributed by atoms with E-state index in [1.807, 2.05) is 12.3 Å². The van der Waals surface area contributed by atoms with Crippen LogP contribution in [-0.4, -0.2) is 44.5 Å². The summed E-state index contributed by atoms with van der Waals surface area (Å²) in [5.41, 5.74) is 2.41. The zero-order valence-corrected chi connectivity index (χ0v) is 11.3. The highest BCUT2D eigenvalue weighted by Crippen LogP contribution is 2.04. The maximum atomic E-state index is 4.54. The summed E-state index contributed by atoms with van der Waals surface area (Å²) in [5.74, 6) is 0. The molecule has 3 nitrogen and oxygen atoms in total. The number of quaternary nitrogens is 1. The van der Waals surface area contributed by atoms with Crippen LogP contribution in [0.4, 0.5) is 0 Å². The minimum atomic E-state index is 1.06. The molecule has 0 aliphatic carbocycles. The number of hydrogen-bond donors (Lipinski definition) is 1. The largest absolute Gasteiger partial charge is 0.334 e. The van der Waals surface area contributed by atoms with Gasteiger partial charge in [0.1, 0.15) is 0 Å². The number of benzene rings is 1. The van der Waals surface area contributed by atoms with E-state index in [9.17, 15) is 0 Å². The van der Waals surface area contributed by atoms with E-state index >= 15 is 0 Å². The third-order valence-electron chi connectivity index (χ3n) is 3.21.